The van der Waals surface area contributed by atoms with E-state index in [-0.39, 0.29) is 15.6 Å². The van der Waals surface area contributed by atoms with Gasteiger partial charge in [-0.25, -0.2) is 8.42 Å². The van der Waals surface area contributed by atoms with Crippen molar-refractivity contribution in [2.75, 3.05) is 0 Å². The summed E-state index contributed by atoms with van der Waals surface area (Å²) >= 11 is 0. The first-order valence-corrected chi connectivity index (χ1v) is 7.54. The minimum Gasteiger partial charge on any atom is -0.345 e. The standard InChI is InChI=1S/C14H10N2O4S/c17-16(18)11-5-7-12(8-6-11)21(19,20)14-9-10-3-1-2-4-13(10)15-14/h1-9,15H. The number of non-ortho nitro benzene ring substituents is 1. The van der Waals surface area contributed by atoms with E-state index in [1.165, 1.54) is 24.3 Å². The van der Waals surface area contributed by atoms with Crippen molar-refractivity contribution in [3.05, 3.63) is 64.7 Å². The molecule has 0 saturated carbocycles. The van der Waals surface area contributed by atoms with E-state index in [2.05, 4.69) is 4.98 Å². The summed E-state index contributed by atoms with van der Waals surface area (Å²) in [5.41, 5.74) is 0.573. The molecular weight excluding hydrogens is 292 g/mol. The van der Waals surface area contributed by atoms with E-state index >= 15 is 0 Å². The van der Waals surface area contributed by atoms with E-state index in [0.717, 1.165) is 10.9 Å². The summed E-state index contributed by atoms with van der Waals surface area (Å²) in [5, 5.41) is 11.5. The van der Waals surface area contributed by atoms with E-state index in [1.54, 1.807) is 24.3 Å². The summed E-state index contributed by atoms with van der Waals surface area (Å²) in [6.07, 6.45) is 0. The molecule has 1 heterocycles. The van der Waals surface area contributed by atoms with Crippen LogP contribution >= 0.6 is 0 Å². The molecule has 6 nitrogen and oxygen atoms in total. The molecule has 0 unspecified atom stereocenters. The van der Waals surface area contributed by atoms with Gasteiger partial charge in [-0.1, -0.05) is 18.2 Å². The molecule has 1 N–H and O–H groups in total. The first kappa shape index (κ1) is 13.3. The average molecular weight is 302 g/mol. The number of nitro groups is 1. The van der Waals surface area contributed by atoms with Crippen molar-refractivity contribution in [1.29, 1.82) is 0 Å². The molecule has 3 rings (SSSR count). The van der Waals surface area contributed by atoms with Crippen LogP contribution in [0, 0.1) is 10.1 Å². The van der Waals surface area contributed by atoms with Gasteiger partial charge in [0.1, 0.15) is 5.03 Å². The fraction of sp³-hybridized carbons (Fsp3) is 0. The van der Waals surface area contributed by atoms with Crippen molar-refractivity contribution in [2.24, 2.45) is 0 Å². The van der Waals surface area contributed by atoms with Crippen LogP contribution in [0.2, 0.25) is 0 Å². The van der Waals surface area contributed by atoms with Gasteiger partial charge in [-0.15, -0.1) is 0 Å². The quantitative estimate of drug-likeness (QED) is 0.594. The Balaban J connectivity index is 2.09. The summed E-state index contributed by atoms with van der Waals surface area (Å²) in [7, 11) is -3.72. The first-order chi connectivity index (χ1) is 9.98. The number of hydrogen-bond acceptors (Lipinski definition) is 4. The predicted molar refractivity (Wildman–Crippen MR) is 76.8 cm³/mol. The number of H-pyrrole nitrogens is 1. The van der Waals surface area contributed by atoms with Crippen LogP contribution in [0.25, 0.3) is 10.9 Å². The molecule has 0 atom stereocenters. The molecule has 21 heavy (non-hydrogen) atoms. The third kappa shape index (κ3) is 2.27. The number of aromatic amines is 1. The fourth-order valence-corrected chi connectivity index (χ4v) is 3.34. The highest BCUT2D eigenvalue weighted by molar-refractivity contribution is 7.91. The number of aromatic nitrogens is 1. The van der Waals surface area contributed by atoms with Crippen LogP contribution in [-0.2, 0) is 9.84 Å². The minimum absolute atomic E-state index is 0.0136. The molecule has 0 aliphatic carbocycles. The number of nitrogens with one attached hydrogen (secondary N) is 1. The summed E-state index contributed by atoms with van der Waals surface area (Å²) in [4.78, 5) is 12.9. The third-order valence-electron chi connectivity index (χ3n) is 3.15. The van der Waals surface area contributed by atoms with Crippen molar-refractivity contribution >= 4 is 26.4 Å². The van der Waals surface area contributed by atoms with E-state index < -0.39 is 14.8 Å². The van der Waals surface area contributed by atoms with Crippen molar-refractivity contribution in [3.8, 4) is 0 Å². The smallest absolute Gasteiger partial charge is 0.269 e. The maximum atomic E-state index is 12.5. The molecule has 0 bridgehead atoms. The van der Waals surface area contributed by atoms with Crippen LogP contribution in [0.15, 0.2) is 64.5 Å². The van der Waals surface area contributed by atoms with Crippen LogP contribution < -0.4 is 0 Å². The maximum absolute atomic E-state index is 12.5. The summed E-state index contributed by atoms with van der Waals surface area (Å²) in [5.74, 6) is 0. The Labute approximate surface area is 120 Å². The number of rotatable bonds is 3. The van der Waals surface area contributed by atoms with Gasteiger partial charge in [-0.3, -0.25) is 10.1 Å². The zero-order chi connectivity index (χ0) is 15.0. The maximum Gasteiger partial charge on any atom is 0.269 e. The Kier molecular flexibility index (Phi) is 2.99. The highest BCUT2D eigenvalue weighted by atomic mass is 32.2. The van der Waals surface area contributed by atoms with Crippen molar-refractivity contribution in [2.45, 2.75) is 9.92 Å². The lowest BCUT2D eigenvalue weighted by Crippen LogP contribution is -2.02. The number of benzene rings is 2. The SMILES string of the molecule is O=[N+]([O-])c1ccc(S(=O)(=O)c2cc3ccccc3[nH]2)cc1. The van der Waals surface area contributed by atoms with Crippen LogP contribution in [0.4, 0.5) is 5.69 Å². The summed E-state index contributed by atoms with van der Waals surface area (Å²) in [6.45, 7) is 0. The summed E-state index contributed by atoms with van der Waals surface area (Å²) < 4.78 is 25.0. The van der Waals surface area contributed by atoms with Gasteiger partial charge in [0.05, 0.1) is 9.82 Å². The number of para-hydroxylation sites is 1. The Bertz CT molecular complexity index is 894. The van der Waals surface area contributed by atoms with Gasteiger partial charge < -0.3 is 4.98 Å². The molecule has 0 fully saturated rings. The van der Waals surface area contributed by atoms with Gasteiger partial charge in [0.25, 0.3) is 5.69 Å². The lowest BCUT2D eigenvalue weighted by Gasteiger charge is -2.01. The van der Waals surface area contributed by atoms with Crippen LogP contribution in [0.5, 0.6) is 0 Å². The number of hydrogen-bond donors (Lipinski definition) is 1. The first-order valence-electron chi connectivity index (χ1n) is 6.06. The van der Waals surface area contributed by atoms with Crippen molar-refractivity contribution in [3.63, 3.8) is 0 Å². The molecule has 3 aromatic rings. The topological polar surface area (TPSA) is 93.1 Å². The Morgan fingerprint density at radius 1 is 1.00 bits per heavy atom. The molecule has 0 saturated heterocycles. The molecule has 0 spiro atoms. The average Bonchev–Trinajstić information content (AvgIpc) is 2.92. The predicted octanol–water partition coefficient (Wildman–Crippen LogP) is 2.91. The van der Waals surface area contributed by atoms with E-state index in [1.807, 2.05) is 6.07 Å². The monoisotopic (exact) mass is 302 g/mol. The van der Waals surface area contributed by atoms with Gasteiger partial charge in [0.15, 0.2) is 0 Å². The lowest BCUT2D eigenvalue weighted by molar-refractivity contribution is -0.384. The van der Waals surface area contributed by atoms with Gasteiger partial charge in [-0.05, 0) is 24.3 Å². The normalized spacial score (nSPS) is 11.6. The lowest BCUT2D eigenvalue weighted by atomic mass is 10.3. The summed E-state index contributed by atoms with van der Waals surface area (Å²) in [6, 6.07) is 13.6. The van der Waals surface area contributed by atoms with E-state index in [4.69, 9.17) is 0 Å². The number of nitro benzene ring substituents is 1. The minimum atomic E-state index is -3.72. The molecule has 106 valence electrons. The second-order valence-corrected chi connectivity index (χ2v) is 6.39. The molecule has 7 heteroatoms. The van der Waals surface area contributed by atoms with Gasteiger partial charge >= 0.3 is 0 Å². The van der Waals surface area contributed by atoms with Crippen LogP contribution in [0.1, 0.15) is 0 Å². The second kappa shape index (κ2) is 4.71. The number of nitrogens with zero attached hydrogens (tertiary/aromatic N) is 1. The fourth-order valence-electron chi connectivity index (χ4n) is 2.07. The molecule has 1 aromatic heterocycles. The van der Waals surface area contributed by atoms with E-state index in [0.29, 0.717) is 0 Å². The van der Waals surface area contributed by atoms with Crippen LogP contribution in [-0.4, -0.2) is 18.3 Å². The Hall–Kier alpha value is -2.67. The molecule has 0 radical (unpaired) electrons. The molecule has 2 aromatic carbocycles. The van der Waals surface area contributed by atoms with Crippen LogP contribution in [0.3, 0.4) is 0 Å². The zero-order valence-corrected chi connectivity index (χ0v) is 11.5. The molecule has 0 amide bonds. The molecule has 0 aliphatic rings. The highest BCUT2D eigenvalue weighted by Gasteiger charge is 2.20. The highest BCUT2D eigenvalue weighted by Crippen LogP contribution is 2.25. The number of sulfone groups is 1. The number of fused-ring (bicyclic) bond motifs is 1. The van der Waals surface area contributed by atoms with Crippen molar-refractivity contribution in [1.82, 2.24) is 4.98 Å². The van der Waals surface area contributed by atoms with Crippen molar-refractivity contribution < 1.29 is 13.3 Å². The van der Waals surface area contributed by atoms with Gasteiger partial charge in [0, 0.05) is 23.0 Å². The zero-order valence-electron chi connectivity index (χ0n) is 10.7. The Morgan fingerprint density at radius 3 is 2.29 bits per heavy atom. The van der Waals surface area contributed by atoms with Gasteiger partial charge in [0.2, 0.25) is 9.84 Å². The second-order valence-electron chi connectivity index (χ2n) is 4.48. The van der Waals surface area contributed by atoms with E-state index in [9.17, 15) is 18.5 Å². The third-order valence-corrected chi connectivity index (χ3v) is 4.84. The Morgan fingerprint density at radius 2 is 1.67 bits per heavy atom. The van der Waals surface area contributed by atoms with Gasteiger partial charge in [-0.2, -0.15) is 0 Å². The largest absolute Gasteiger partial charge is 0.345 e. The molecular formula is C14H10N2O4S. The molecule has 0 aliphatic heterocycles.